The zero-order valence-electron chi connectivity index (χ0n) is 12.7. The van der Waals surface area contributed by atoms with Gasteiger partial charge in [0.05, 0.1) is 17.7 Å². The summed E-state index contributed by atoms with van der Waals surface area (Å²) >= 11 is 1.42. The molecule has 9 heteroatoms. The SMILES string of the molecule is Cc1ccc(-n2nnnc2SCc2nnc(-c3ccco3)o2)cc1. The molecule has 3 heterocycles. The number of rotatable bonds is 5. The van der Waals surface area contributed by atoms with E-state index in [1.54, 1.807) is 23.1 Å². The summed E-state index contributed by atoms with van der Waals surface area (Å²) in [5, 5.41) is 20.4. The molecule has 0 aliphatic rings. The van der Waals surface area contributed by atoms with Crippen molar-refractivity contribution in [3.63, 3.8) is 0 Å². The molecule has 0 spiro atoms. The summed E-state index contributed by atoms with van der Waals surface area (Å²) in [6, 6.07) is 11.5. The summed E-state index contributed by atoms with van der Waals surface area (Å²) in [7, 11) is 0. The molecule has 8 nitrogen and oxygen atoms in total. The summed E-state index contributed by atoms with van der Waals surface area (Å²) in [5.74, 6) is 1.83. The van der Waals surface area contributed by atoms with Crippen molar-refractivity contribution in [1.82, 2.24) is 30.4 Å². The monoisotopic (exact) mass is 340 g/mol. The molecule has 0 atom stereocenters. The number of benzene rings is 1. The minimum Gasteiger partial charge on any atom is -0.459 e. The van der Waals surface area contributed by atoms with Crippen LogP contribution in [0.4, 0.5) is 0 Å². The number of tetrazole rings is 1. The molecule has 4 aromatic rings. The van der Waals surface area contributed by atoms with Crippen LogP contribution < -0.4 is 0 Å². The lowest BCUT2D eigenvalue weighted by molar-refractivity contribution is 0.494. The third-order valence-corrected chi connectivity index (χ3v) is 4.15. The zero-order valence-corrected chi connectivity index (χ0v) is 13.5. The largest absolute Gasteiger partial charge is 0.459 e. The fourth-order valence-electron chi connectivity index (χ4n) is 2.05. The van der Waals surface area contributed by atoms with Crippen molar-refractivity contribution in [2.45, 2.75) is 17.8 Å². The number of hydrogen-bond donors (Lipinski definition) is 0. The van der Waals surface area contributed by atoms with E-state index >= 15 is 0 Å². The molecule has 3 aromatic heterocycles. The molecule has 4 rings (SSSR count). The predicted octanol–water partition coefficient (Wildman–Crippen LogP) is 2.91. The van der Waals surface area contributed by atoms with Gasteiger partial charge in [-0.1, -0.05) is 29.5 Å². The molecule has 0 bridgehead atoms. The Morgan fingerprint density at radius 2 is 1.96 bits per heavy atom. The molecule has 0 unspecified atom stereocenters. The first-order valence-corrected chi connectivity index (χ1v) is 8.12. The van der Waals surface area contributed by atoms with Crippen LogP contribution in [0.3, 0.4) is 0 Å². The molecule has 0 fully saturated rings. The molecule has 0 aliphatic heterocycles. The Balaban J connectivity index is 1.49. The average molecular weight is 340 g/mol. The van der Waals surface area contributed by atoms with Crippen LogP contribution in [-0.4, -0.2) is 30.4 Å². The van der Waals surface area contributed by atoms with Crippen LogP contribution in [0.15, 0.2) is 56.7 Å². The minimum atomic E-state index is 0.355. The van der Waals surface area contributed by atoms with Crippen molar-refractivity contribution in [3.8, 4) is 17.3 Å². The van der Waals surface area contributed by atoms with E-state index in [-0.39, 0.29) is 0 Å². The van der Waals surface area contributed by atoms with Gasteiger partial charge in [-0.2, -0.15) is 4.68 Å². The quantitative estimate of drug-likeness (QED) is 0.512. The Morgan fingerprint density at radius 3 is 2.75 bits per heavy atom. The topological polar surface area (TPSA) is 95.7 Å². The van der Waals surface area contributed by atoms with Gasteiger partial charge in [0.2, 0.25) is 11.0 Å². The van der Waals surface area contributed by atoms with Crippen LogP contribution in [0, 0.1) is 6.92 Å². The molecular weight excluding hydrogens is 328 g/mol. The van der Waals surface area contributed by atoms with Gasteiger partial charge in [-0.05, 0) is 41.6 Å². The molecule has 0 aliphatic carbocycles. The summed E-state index contributed by atoms with van der Waals surface area (Å²) in [6.45, 7) is 2.03. The lowest BCUT2D eigenvalue weighted by atomic mass is 10.2. The molecule has 0 radical (unpaired) electrons. The number of hydrogen-bond acceptors (Lipinski definition) is 8. The fraction of sp³-hybridized carbons (Fsp3) is 0.133. The van der Waals surface area contributed by atoms with Crippen LogP contribution in [0.1, 0.15) is 11.5 Å². The van der Waals surface area contributed by atoms with Crippen molar-refractivity contribution < 1.29 is 8.83 Å². The maximum atomic E-state index is 5.57. The summed E-state index contributed by atoms with van der Waals surface area (Å²) in [5.41, 5.74) is 2.08. The smallest absolute Gasteiger partial charge is 0.283 e. The Bertz CT molecular complexity index is 929. The molecule has 0 N–H and O–H groups in total. The molecule has 24 heavy (non-hydrogen) atoms. The highest BCUT2D eigenvalue weighted by Gasteiger charge is 2.14. The zero-order chi connectivity index (χ0) is 16.4. The van der Waals surface area contributed by atoms with Gasteiger partial charge in [0.15, 0.2) is 5.76 Å². The fourth-order valence-corrected chi connectivity index (χ4v) is 2.78. The van der Waals surface area contributed by atoms with E-state index in [0.29, 0.717) is 28.5 Å². The van der Waals surface area contributed by atoms with Gasteiger partial charge in [-0.15, -0.1) is 15.3 Å². The normalized spacial score (nSPS) is 11.0. The molecule has 120 valence electrons. The second-order valence-electron chi connectivity index (χ2n) is 4.98. The van der Waals surface area contributed by atoms with E-state index in [1.807, 2.05) is 31.2 Å². The third-order valence-electron chi connectivity index (χ3n) is 3.24. The second-order valence-corrected chi connectivity index (χ2v) is 5.92. The number of furan rings is 1. The Kier molecular flexibility index (Phi) is 3.83. The minimum absolute atomic E-state index is 0.355. The van der Waals surface area contributed by atoms with E-state index in [4.69, 9.17) is 8.83 Å². The lowest BCUT2D eigenvalue weighted by Gasteiger charge is -2.03. The van der Waals surface area contributed by atoms with Crippen LogP contribution >= 0.6 is 11.8 Å². The molecule has 0 saturated carbocycles. The first-order valence-electron chi connectivity index (χ1n) is 7.14. The number of nitrogens with zero attached hydrogens (tertiary/aromatic N) is 6. The Morgan fingerprint density at radius 1 is 1.08 bits per heavy atom. The van der Waals surface area contributed by atoms with Crippen molar-refractivity contribution in [2.24, 2.45) is 0 Å². The van der Waals surface area contributed by atoms with E-state index in [2.05, 4.69) is 25.7 Å². The lowest BCUT2D eigenvalue weighted by Crippen LogP contribution is -1.99. The van der Waals surface area contributed by atoms with Crippen LogP contribution in [0.5, 0.6) is 0 Å². The summed E-state index contributed by atoms with van der Waals surface area (Å²) in [4.78, 5) is 0. The van der Waals surface area contributed by atoms with Gasteiger partial charge in [0.1, 0.15) is 0 Å². The first kappa shape index (κ1) is 14.6. The van der Waals surface area contributed by atoms with Gasteiger partial charge in [-0.25, -0.2) is 0 Å². The van der Waals surface area contributed by atoms with E-state index in [9.17, 15) is 0 Å². The third kappa shape index (κ3) is 2.93. The predicted molar refractivity (Wildman–Crippen MR) is 85.5 cm³/mol. The van der Waals surface area contributed by atoms with Gasteiger partial charge in [-0.3, -0.25) is 0 Å². The van der Waals surface area contributed by atoms with Crippen LogP contribution in [-0.2, 0) is 5.75 Å². The maximum absolute atomic E-state index is 5.57. The van der Waals surface area contributed by atoms with Gasteiger partial charge >= 0.3 is 0 Å². The molecule has 1 aromatic carbocycles. The Labute approximate surface area is 140 Å². The Hall–Kier alpha value is -2.94. The molecule has 0 amide bonds. The van der Waals surface area contributed by atoms with Crippen LogP contribution in [0.2, 0.25) is 0 Å². The second kappa shape index (κ2) is 6.28. The highest BCUT2D eigenvalue weighted by atomic mass is 32.2. The highest BCUT2D eigenvalue weighted by Crippen LogP contribution is 2.24. The highest BCUT2D eigenvalue weighted by molar-refractivity contribution is 7.98. The van der Waals surface area contributed by atoms with E-state index in [1.165, 1.54) is 17.3 Å². The van der Waals surface area contributed by atoms with Crippen molar-refractivity contribution in [3.05, 3.63) is 54.1 Å². The molecule has 0 saturated heterocycles. The van der Waals surface area contributed by atoms with Crippen molar-refractivity contribution in [1.29, 1.82) is 0 Å². The first-order chi connectivity index (χ1) is 11.8. The number of aryl methyl sites for hydroxylation is 1. The standard InChI is InChI=1S/C15H12N6O2S/c1-10-4-6-11(7-5-10)21-15(18-19-20-21)24-9-13-16-17-14(23-13)12-3-2-8-22-12/h2-8H,9H2,1H3. The molecular formula is C15H12N6O2S. The van der Waals surface area contributed by atoms with E-state index in [0.717, 1.165) is 5.69 Å². The number of thioether (sulfide) groups is 1. The number of aromatic nitrogens is 6. The van der Waals surface area contributed by atoms with Gasteiger partial charge < -0.3 is 8.83 Å². The van der Waals surface area contributed by atoms with E-state index < -0.39 is 0 Å². The van der Waals surface area contributed by atoms with Gasteiger partial charge in [0.25, 0.3) is 5.89 Å². The van der Waals surface area contributed by atoms with Crippen molar-refractivity contribution >= 4 is 11.8 Å². The van der Waals surface area contributed by atoms with Crippen LogP contribution in [0.25, 0.3) is 17.3 Å². The maximum Gasteiger partial charge on any atom is 0.283 e. The van der Waals surface area contributed by atoms with Crippen molar-refractivity contribution in [2.75, 3.05) is 0 Å². The summed E-state index contributed by atoms with van der Waals surface area (Å²) in [6.07, 6.45) is 1.56. The average Bonchev–Trinajstić information content (AvgIpc) is 3.34. The van der Waals surface area contributed by atoms with Gasteiger partial charge in [0, 0.05) is 0 Å². The summed E-state index contributed by atoms with van der Waals surface area (Å²) < 4.78 is 12.5.